The molecule has 0 bridgehead atoms. The molecule has 0 radical (unpaired) electrons. The first-order valence-electron chi connectivity index (χ1n) is 8.12. The first-order chi connectivity index (χ1) is 10.3. The van der Waals surface area contributed by atoms with Crippen LogP contribution in [0.1, 0.15) is 50.7 Å². The van der Waals surface area contributed by atoms with E-state index in [9.17, 15) is 0 Å². The van der Waals surface area contributed by atoms with Crippen molar-refractivity contribution in [2.24, 2.45) is 5.92 Å². The highest BCUT2D eigenvalue weighted by atomic mass is 14.1. The largest absolute Gasteiger partial charge is 0.0758 e. The zero-order valence-electron chi connectivity index (χ0n) is 13.3. The molecule has 0 nitrogen and oxygen atoms in total. The third-order valence-corrected chi connectivity index (χ3v) is 3.94. The van der Waals surface area contributed by atoms with Crippen LogP contribution in [0, 0.1) is 5.92 Å². The second kappa shape index (κ2) is 8.46. The number of unbranched alkanes of at least 4 members (excludes halogenated alkanes) is 1. The van der Waals surface area contributed by atoms with Gasteiger partial charge in [-0.1, -0.05) is 99.8 Å². The van der Waals surface area contributed by atoms with Gasteiger partial charge in [-0.15, -0.1) is 0 Å². The van der Waals surface area contributed by atoms with Gasteiger partial charge in [-0.25, -0.2) is 0 Å². The fourth-order valence-electron chi connectivity index (χ4n) is 2.63. The second-order valence-corrected chi connectivity index (χ2v) is 5.83. The summed E-state index contributed by atoms with van der Waals surface area (Å²) in [6.07, 6.45) is 7.52. The molecule has 0 heteroatoms. The first kappa shape index (κ1) is 15.6. The lowest BCUT2D eigenvalue weighted by Gasteiger charge is -2.12. The van der Waals surface area contributed by atoms with Gasteiger partial charge in [-0.3, -0.25) is 0 Å². The summed E-state index contributed by atoms with van der Waals surface area (Å²) in [6.45, 7) is 4.63. The van der Waals surface area contributed by atoms with Gasteiger partial charge in [0, 0.05) is 0 Å². The van der Waals surface area contributed by atoms with Crippen molar-refractivity contribution in [2.45, 2.75) is 39.5 Å². The maximum atomic E-state index is 2.42. The maximum absolute atomic E-state index is 2.42. The summed E-state index contributed by atoms with van der Waals surface area (Å²) < 4.78 is 0. The van der Waals surface area contributed by atoms with Crippen molar-refractivity contribution in [1.29, 1.82) is 0 Å². The molecule has 0 spiro atoms. The molecule has 0 amide bonds. The fourth-order valence-corrected chi connectivity index (χ4v) is 2.63. The molecule has 1 atom stereocenters. The summed E-state index contributed by atoms with van der Waals surface area (Å²) in [6, 6.07) is 21.4. The Morgan fingerprint density at radius 3 is 1.90 bits per heavy atom. The molecule has 0 heterocycles. The van der Waals surface area contributed by atoms with E-state index in [0.29, 0.717) is 0 Å². The van der Waals surface area contributed by atoms with Crippen molar-refractivity contribution in [3.8, 4) is 0 Å². The second-order valence-electron chi connectivity index (χ2n) is 5.83. The topological polar surface area (TPSA) is 0 Å². The Bertz CT molecular complexity index is 495. The molecular weight excluding hydrogens is 252 g/mol. The minimum absolute atomic E-state index is 0.757. The van der Waals surface area contributed by atoms with Crippen molar-refractivity contribution in [1.82, 2.24) is 0 Å². The monoisotopic (exact) mass is 278 g/mol. The van der Waals surface area contributed by atoms with E-state index >= 15 is 0 Å². The highest BCUT2D eigenvalue weighted by Gasteiger charge is 2.06. The predicted octanol–water partition coefficient (Wildman–Crippen LogP) is 6.33. The van der Waals surface area contributed by atoms with E-state index < -0.39 is 0 Å². The molecule has 0 unspecified atom stereocenters. The molecule has 110 valence electrons. The molecule has 0 N–H and O–H groups in total. The minimum Gasteiger partial charge on any atom is -0.0758 e. The average molecular weight is 278 g/mol. The van der Waals surface area contributed by atoms with E-state index in [1.807, 2.05) is 0 Å². The predicted molar refractivity (Wildman–Crippen MR) is 93.3 cm³/mol. The molecule has 0 aromatic heterocycles. The standard InChI is InChI=1S/C21H26/c1-3-4-11-18(2)16-17-21(19-12-7-5-8-13-19)20-14-9-6-10-15-20/h5-10,12-15,17-18H,3-4,11,16H2,1-2H3/t18-/m0/s1. The summed E-state index contributed by atoms with van der Waals surface area (Å²) in [5.41, 5.74) is 3.98. The molecule has 2 aromatic carbocycles. The van der Waals surface area contributed by atoms with Gasteiger partial charge >= 0.3 is 0 Å². The highest BCUT2D eigenvalue weighted by molar-refractivity contribution is 5.79. The molecule has 0 saturated carbocycles. The third kappa shape index (κ3) is 4.90. The Hall–Kier alpha value is -1.82. The Kier molecular flexibility index (Phi) is 6.27. The Morgan fingerprint density at radius 2 is 1.43 bits per heavy atom. The van der Waals surface area contributed by atoms with E-state index in [-0.39, 0.29) is 0 Å². The van der Waals surface area contributed by atoms with Crippen molar-refractivity contribution < 1.29 is 0 Å². The molecule has 0 saturated heterocycles. The molecule has 0 aliphatic rings. The molecule has 0 aliphatic carbocycles. The van der Waals surface area contributed by atoms with E-state index in [0.717, 1.165) is 12.3 Å². The van der Waals surface area contributed by atoms with Crippen LogP contribution < -0.4 is 0 Å². The van der Waals surface area contributed by atoms with Crippen LogP contribution in [0.2, 0.25) is 0 Å². The van der Waals surface area contributed by atoms with Gasteiger partial charge in [0.25, 0.3) is 0 Å². The number of hydrogen-bond donors (Lipinski definition) is 0. The van der Waals surface area contributed by atoms with E-state index in [4.69, 9.17) is 0 Å². The number of rotatable bonds is 7. The zero-order chi connectivity index (χ0) is 14.9. The van der Waals surface area contributed by atoms with Gasteiger partial charge in [0.1, 0.15) is 0 Å². The number of allylic oxidation sites excluding steroid dienone is 1. The van der Waals surface area contributed by atoms with Gasteiger partial charge in [0.05, 0.1) is 0 Å². The lowest BCUT2D eigenvalue weighted by Crippen LogP contribution is -1.94. The summed E-state index contributed by atoms with van der Waals surface area (Å²) >= 11 is 0. The highest BCUT2D eigenvalue weighted by Crippen LogP contribution is 2.25. The average Bonchev–Trinajstić information content (AvgIpc) is 2.55. The van der Waals surface area contributed by atoms with Gasteiger partial charge in [-0.05, 0) is 29.0 Å². The van der Waals surface area contributed by atoms with Crippen LogP contribution in [0.4, 0.5) is 0 Å². The summed E-state index contributed by atoms with van der Waals surface area (Å²) in [5, 5.41) is 0. The first-order valence-corrected chi connectivity index (χ1v) is 8.12. The summed E-state index contributed by atoms with van der Waals surface area (Å²) in [7, 11) is 0. The fraction of sp³-hybridized carbons (Fsp3) is 0.333. The SMILES string of the molecule is CCCC[C@H](C)CC=C(c1ccccc1)c1ccccc1. The van der Waals surface area contributed by atoms with Crippen LogP contribution in [-0.2, 0) is 0 Å². The number of hydrogen-bond acceptors (Lipinski definition) is 0. The number of benzene rings is 2. The summed E-state index contributed by atoms with van der Waals surface area (Å²) in [5.74, 6) is 0.757. The van der Waals surface area contributed by atoms with Crippen molar-refractivity contribution >= 4 is 5.57 Å². The lowest BCUT2D eigenvalue weighted by molar-refractivity contribution is 0.512. The van der Waals surface area contributed by atoms with Crippen LogP contribution in [0.25, 0.3) is 5.57 Å². The van der Waals surface area contributed by atoms with Crippen LogP contribution in [-0.4, -0.2) is 0 Å². The Morgan fingerprint density at radius 1 is 0.905 bits per heavy atom. The van der Waals surface area contributed by atoms with Gasteiger partial charge in [0.15, 0.2) is 0 Å². The molecular formula is C21H26. The van der Waals surface area contributed by atoms with Crippen LogP contribution in [0.3, 0.4) is 0 Å². The van der Waals surface area contributed by atoms with Gasteiger partial charge in [-0.2, -0.15) is 0 Å². The van der Waals surface area contributed by atoms with Gasteiger partial charge in [0.2, 0.25) is 0 Å². The Labute approximate surface area is 129 Å². The van der Waals surface area contributed by atoms with Gasteiger partial charge < -0.3 is 0 Å². The normalized spacial score (nSPS) is 11.9. The maximum Gasteiger partial charge on any atom is -0.0151 e. The van der Waals surface area contributed by atoms with Crippen molar-refractivity contribution in [2.75, 3.05) is 0 Å². The lowest BCUT2D eigenvalue weighted by atomic mass is 9.93. The smallest absolute Gasteiger partial charge is 0.0151 e. The third-order valence-electron chi connectivity index (χ3n) is 3.94. The van der Waals surface area contributed by atoms with E-state index in [1.54, 1.807) is 0 Å². The molecule has 2 aromatic rings. The Balaban J connectivity index is 2.21. The summed E-state index contributed by atoms with van der Waals surface area (Å²) in [4.78, 5) is 0. The molecule has 2 rings (SSSR count). The molecule has 0 fully saturated rings. The van der Waals surface area contributed by atoms with Crippen LogP contribution in [0.15, 0.2) is 66.7 Å². The van der Waals surface area contributed by atoms with E-state index in [1.165, 1.54) is 36.0 Å². The molecule has 0 aliphatic heterocycles. The molecule has 21 heavy (non-hydrogen) atoms. The minimum atomic E-state index is 0.757. The quantitative estimate of drug-likeness (QED) is 0.554. The van der Waals surface area contributed by atoms with Crippen molar-refractivity contribution in [3.05, 3.63) is 77.9 Å². The van der Waals surface area contributed by atoms with Crippen LogP contribution >= 0.6 is 0 Å². The van der Waals surface area contributed by atoms with E-state index in [2.05, 4.69) is 80.6 Å². The van der Waals surface area contributed by atoms with Crippen molar-refractivity contribution in [3.63, 3.8) is 0 Å². The van der Waals surface area contributed by atoms with Crippen LogP contribution in [0.5, 0.6) is 0 Å². The zero-order valence-corrected chi connectivity index (χ0v) is 13.3.